The quantitative estimate of drug-likeness (QED) is 0.450. The predicted molar refractivity (Wildman–Crippen MR) is 114 cm³/mol. The van der Waals surface area contributed by atoms with Crippen LogP contribution in [0.25, 0.3) is 0 Å². The summed E-state index contributed by atoms with van der Waals surface area (Å²) in [5, 5.41) is 0.916. The molecular formula is C17H37BBrNO2Si2. The zero-order valence-corrected chi connectivity index (χ0v) is 20.7. The molecule has 0 N–H and O–H groups in total. The zero-order chi connectivity index (χ0) is 18.5. The van der Waals surface area contributed by atoms with Gasteiger partial charge >= 0.3 is 7.12 Å². The van der Waals surface area contributed by atoms with Crippen molar-refractivity contribution in [2.75, 3.05) is 5.33 Å². The molecule has 0 aromatic heterocycles. The SMILES string of the molecule is CC1CC(C)[C@]2(C)OB(C(CBr)N([Si](C)(C)C)[Si](C)(C)C)OC2C1. The summed E-state index contributed by atoms with van der Waals surface area (Å²) in [5.74, 6) is 1.60. The number of hydrogen-bond donors (Lipinski definition) is 0. The average molecular weight is 434 g/mol. The third kappa shape index (κ3) is 4.06. The van der Waals surface area contributed by atoms with E-state index >= 15 is 0 Å². The van der Waals surface area contributed by atoms with Crippen LogP contribution in [0.1, 0.15) is 33.6 Å². The molecule has 0 amide bonds. The first kappa shape index (κ1) is 21.2. The zero-order valence-electron chi connectivity index (χ0n) is 17.1. The Bertz CT molecular complexity index is 443. The second kappa shape index (κ2) is 7.12. The van der Waals surface area contributed by atoms with Gasteiger partial charge in [0.2, 0.25) is 0 Å². The molecule has 3 nitrogen and oxygen atoms in total. The molecule has 0 spiro atoms. The van der Waals surface area contributed by atoms with Crippen molar-refractivity contribution in [1.82, 2.24) is 4.23 Å². The van der Waals surface area contributed by atoms with Gasteiger partial charge in [-0.3, -0.25) is 0 Å². The normalized spacial score (nSPS) is 36.1. The summed E-state index contributed by atoms with van der Waals surface area (Å²) in [6.07, 6.45) is 2.62. The summed E-state index contributed by atoms with van der Waals surface area (Å²) in [5.41, 5.74) is -0.123. The molecule has 1 aliphatic heterocycles. The van der Waals surface area contributed by atoms with E-state index in [0.717, 1.165) is 17.7 Å². The smallest absolute Gasteiger partial charge is 0.404 e. The van der Waals surface area contributed by atoms with Gasteiger partial charge in [-0.05, 0) is 31.6 Å². The molecule has 2 aliphatic rings. The Morgan fingerprint density at radius 2 is 1.67 bits per heavy atom. The molecule has 2 rings (SSSR count). The van der Waals surface area contributed by atoms with E-state index in [9.17, 15) is 0 Å². The molecule has 0 aromatic rings. The maximum absolute atomic E-state index is 6.69. The minimum atomic E-state index is -1.47. The first-order valence-electron chi connectivity index (χ1n) is 9.49. The van der Waals surface area contributed by atoms with E-state index in [1.807, 2.05) is 0 Å². The van der Waals surface area contributed by atoms with E-state index < -0.39 is 16.5 Å². The van der Waals surface area contributed by atoms with Crippen LogP contribution in [-0.4, -0.2) is 50.8 Å². The number of fused-ring (bicyclic) bond motifs is 1. The first-order chi connectivity index (χ1) is 10.8. The van der Waals surface area contributed by atoms with Gasteiger partial charge in [0.1, 0.15) is 16.5 Å². The third-order valence-corrected chi connectivity index (χ3v) is 14.2. The van der Waals surface area contributed by atoms with Crippen molar-refractivity contribution in [2.24, 2.45) is 11.8 Å². The van der Waals surface area contributed by atoms with E-state index in [-0.39, 0.29) is 18.8 Å². The Morgan fingerprint density at radius 3 is 2.12 bits per heavy atom. The summed E-state index contributed by atoms with van der Waals surface area (Å²) in [6.45, 7) is 21.7. The second-order valence-corrected chi connectivity index (χ2v) is 20.9. The monoisotopic (exact) mass is 433 g/mol. The van der Waals surface area contributed by atoms with Crippen molar-refractivity contribution >= 4 is 39.5 Å². The van der Waals surface area contributed by atoms with Crippen LogP contribution in [0.5, 0.6) is 0 Å². The number of halogens is 1. The van der Waals surface area contributed by atoms with Crippen LogP contribution >= 0.6 is 15.9 Å². The van der Waals surface area contributed by atoms with Crippen molar-refractivity contribution in [3.63, 3.8) is 0 Å². The second-order valence-electron chi connectivity index (χ2n) is 10.2. The lowest BCUT2D eigenvalue weighted by atomic mass is 9.71. The van der Waals surface area contributed by atoms with Crippen LogP contribution in [-0.2, 0) is 9.31 Å². The van der Waals surface area contributed by atoms with Crippen molar-refractivity contribution in [3.8, 4) is 0 Å². The van der Waals surface area contributed by atoms with Gasteiger partial charge in [0.15, 0.2) is 0 Å². The van der Waals surface area contributed by atoms with Crippen LogP contribution in [0.15, 0.2) is 0 Å². The van der Waals surface area contributed by atoms with Gasteiger partial charge < -0.3 is 13.5 Å². The molecule has 1 aliphatic carbocycles. The third-order valence-electron chi connectivity index (χ3n) is 5.91. The lowest BCUT2D eigenvalue weighted by molar-refractivity contribution is -0.0419. The van der Waals surface area contributed by atoms with Crippen LogP contribution in [0.2, 0.25) is 39.3 Å². The van der Waals surface area contributed by atoms with Gasteiger partial charge in [0.05, 0.1) is 11.7 Å². The van der Waals surface area contributed by atoms with E-state index in [4.69, 9.17) is 9.31 Å². The van der Waals surface area contributed by atoms with Gasteiger partial charge in [-0.15, -0.1) is 0 Å². The topological polar surface area (TPSA) is 21.7 Å². The Balaban J connectivity index is 2.29. The number of rotatable bonds is 5. The van der Waals surface area contributed by atoms with Gasteiger partial charge in [-0.1, -0.05) is 69.1 Å². The molecule has 0 bridgehead atoms. The summed E-state index contributed by atoms with van der Waals surface area (Å²) in [7, 11) is -3.05. The van der Waals surface area contributed by atoms with Crippen LogP contribution in [0.4, 0.5) is 0 Å². The number of hydrogen-bond acceptors (Lipinski definition) is 3. The predicted octanol–water partition coefficient (Wildman–Crippen LogP) is 4.99. The van der Waals surface area contributed by atoms with Crippen LogP contribution in [0.3, 0.4) is 0 Å². The molecule has 140 valence electrons. The van der Waals surface area contributed by atoms with E-state index in [1.54, 1.807) is 0 Å². The summed E-state index contributed by atoms with van der Waals surface area (Å²) in [4.78, 5) is 0. The Hall–Kier alpha value is 0.859. The molecule has 24 heavy (non-hydrogen) atoms. The van der Waals surface area contributed by atoms with Gasteiger partial charge in [0.25, 0.3) is 0 Å². The Morgan fingerprint density at radius 1 is 1.12 bits per heavy atom. The van der Waals surface area contributed by atoms with E-state index in [0.29, 0.717) is 11.9 Å². The number of alkyl halides is 1. The fourth-order valence-electron chi connectivity index (χ4n) is 5.11. The maximum atomic E-state index is 6.69. The first-order valence-corrected chi connectivity index (χ1v) is 17.5. The number of nitrogens with zero attached hydrogens (tertiary/aromatic N) is 1. The molecule has 1 saturated heterocycles. The van der Waals surface area contributed by atoms with Crippen molar-refractivity contribution in [2.45, 2.75) is 90.5 Å². The maximum Gasteiger partial charge on any atom is 0.475 e. The fraction of sp³-hybridized carbons (Fsp3) is 1.00. The van der Waals surface area contributed by atoms with Crippen LogP contribution in [0, 0.1) is 11.8 Å². The average Bonchev–Trinajstić information content (AvgIpc) is 2.71. The highest BCUT2D eigenvalue weighted by Gasteiger charge is 2.58. The lowest BCUT2D eigenvalue weighted by Crippen LogP contribution is -2.67. The molecule has 1 saturated carbocycles. The van der Waals surface area contributed by atoms with Crippen molar-refractivity contribution in [1.29, 1.82) is 0 Å². The lowest BCUT2D eigenvalue weighted by Gasteiger charge is -2.48. The molecule has 5 atom stereocenters. The molecular weight excluding hydrogens is 397 g/mol. The minimum absolute atomic E-state index is 0.106. The molecule has 7 heteroatoms. The summed E-state index contributed by atoms with van der Waals surface area (Å²) < 4.78 is 16.1. The molecule has 2 fully saturated rings. The van der Waals surface area contributed by atoms with Gasteiger partial charge in [-0.2, -0.15) is 0 Å². The highest BCUT2D eigenvalue weighted by molar-refractivity contribution is 9.09. The van der Waals surface area contributed by atoms with E-state index in [1.165, 1.54) is 6.42 Å². The largest absolute Gasteiger partial charge is 0.475 e. The van der Waals surface area contributed by atoms with Crippen molar-refractivity contribution < 1.29 is 9.31 Å². The van der Waals surface area contributed by atoms with Crippen LogP contribution < -0.4 is 0 Å². The molecule has 4 unspecified atom stereocenters. The molecule has 1 heterocycles. The summed E-state index contributed by atoms with van der Waals surface area (Å²) >= 11 is 3.80. The fourth-order valence-corrected chi connectivity index (χ4v) is 16.7. The standard InChI is InChI=1S/C17H37BBrNO2Si2/c1-13-10-14(2)17(3)15(11-13)21-18(22-17)16(12-19)20(23(4,5)6)24(7,8)9/h13-16H,10-12H2,1-9H3/t13?,14?,15?,16?,17-/m0/s1. The minimum Gasteiger partial charge on any atom is -0.404 e. The molecule has 0 radical (unpaired) electrons. The highest BCUT2D eigenvalue weighted by Crippen LogP contribution is 2.46. The van der Waals surface area contributed by atoms with E-state index in [2.05, 4.69) is 80.2 Å². The summed E-state index contributed by atoms with van der Waals surface area (Å²) in [6, 6.07) is 0. The Kier molecular flexibility index (Phi) is 6.27. The molecule has 0 aromatic carbocycles. The highest BCUT2D eigenvalue weighted by atomic mass is 79.9. The van der Waals surface area contributed by atoms with Crippen molar-refractivity contribution in [3.05, 3.63) is 0 Å². The van der Waals surface area contributed by atoms with Gasteiger partial charge in [-0.25, -0.2) is 0 Å². The van der Waals surface area contributed by atoms with Gasteiger partial charge in [0, 0.05) is 11.3 Å². The Labute approximate surface area is 160 Å².